The van der Waals surface area contributed by atoms with E-state index in [0.29, 0.717) is 11.9 Å². The number of carbonyl (C=O) groups is 1. The van der Waals surface area contributed by atoms with Crippen molar-refractivity contribution < 1.29 is 22.7 Å². The summed E-state index contributed by atoms with van der Waals surface area (Å²) >= 11 is 0. The third kappa shape index (κ3) is 5.22. The number of rotatable bonds is 3. The molecule has 0 aromatic carbocycles. The number of fused-ring (bicyclic) bond motifs is 1. The molecule has 3 aromatic rings. The standard InChI is InChI=1S/C14H17N3O.C6H6F3N3O/c1-10-7-11(8-14(15-10)18-2)13-9-12-5-3-4-6-17(12)16-13;1-12-3(5(10)13)2-4(11-12)6(7,8)9/h7-9H,3-6H2,1-2H3;2H,1H3,(H2,10,13). The molecule has 0 fully saturated rings. The highest BCUT2D eigenvalue weighted by Gasteiger charge is 2.35. The summed E-state index contributed by atoms with van der Waals surface area (Å²) < 4.78 is 44.2. The van der Waals surface area contributed by atoms with Gasteiger partial charge in [-0.15, -0.1) is 0 Å². The molecule has 4 heterocycles. The van der Waals surface area contributed by atoms with Crippen LogP contribution in [0, 0.1) is 6.92 Å². The van der Waals surface area contributed by atoms with Gasteiger partial charge in [0, 0.05) is 42.7 Å². The second kappa shape index (κ2) is 8.78. The van der Waals surface area contributed by atoms with E-state index in [1.165, 1.54) is 25.6 Å². The molecule has 0 saturated heterocycles. The summed E-state index contributed by atoms with van der Waals surface area (Å²) in [5.41, 5.74) is 7.81. The predicted molar refractivity (Wildman–Crippen MR) is 106 cm³/mol. The molecule has 0 unspecified atom stereocenters. The molecule has 3 aromatic heterocycles. The SMILES string of the molecule is COc1cc(-c2cc3n(n2)CCCC3)cc(C)n1.Cn1nc(C(F)(F)F)cc1C(N)=O. The average Bonchev–Trinajstić information content (AvgIpc) is 3.31. The summed E-state index contributed by atoms with van der Waals surface area (Å²) in [4.78, 5) is 14.9. The molecule has 166 valence electrons. The summed E-state index contributed by atoms with van der Waals surface area (Å²) in [7, 11) is 2.86. The Morgan fingerprint density at radius 2 is 1.90 bits per heavy atom. The van der Waals surface area contributed by atoms with Gasteiger partial charge in [-0.3, -0.25) is 14.2 Å². The molecule has 0 bridgehead atoms. The number of hydrogen-bond donors (Lipinski definition) is 1. The molecule has 0 aliphatic carbocycles. The van der Waals surface area contributed by atoms with Gasteiger partial charge >= 0.3 is 6.18 Å². The Bertz CT molecular complexity index is 1060. The number of aryl methyl sites for hydroxylation is 4. The van der Waals surface area contributed by atoms with Crippen molar-refractivity contribution in [3.05, 3.63) is 47.0 Å². The number of hydrogen-bond acceptors (Lipinski definition) is 5. The summed E-state index contributed by atoms with van der Waals surface area (Å²) in [5, 5.41) is 7.76. The maximum atomic E-state index is 12.0. The van der Waals surface area contributed by atoms with Crippen molar-refractivity contribution in [1.29, 1.82) is 0 Å². The lowest BCUT2D eigenvalue weighted by atomic mass is 10.1. The van der Waals surface area contributed by atoms with Crippen LogP contribution in [0.4, 0.5) is 13.2 Å². The van der Waals surface area contributed by atoms with E-state index in [4.69, 9.17) is 10.5 Å². The third-order valence-corrected chi connectivity index (χ3v) is 4.77. The number of methoxy groups -OCH3 is 1. The van der Waals surface area contributed by atoms with E-state index in [-0.39, 0.29) is 5.69 Å². The highest BCUT2D eigenvalue weighted by Crippen LogP contribution is 2.28. The van der Waals surface area contributed by atoms with Crippen LogP contribution in [0.2, 0.25) is 0 Å². The molecule has 0 radical (unpaired) electrons. The first kappa shape index (κ1) is 22.3. The van der Waals surface area contributed by atoms with Crippen molar-refractivity contribution in [2.75, 3.05) is 7.11 Å². The summed E-state index contributed by atoms with van der Waals surface area (Å²) in [6.07, 6.45) is -0.920. The largest absolute Gasteiger partial charge is 0.481 e. The van der Waals surface area contributed by atoms with Gasteiger partial charge in [0.1, 0.15) is 5.69 Å². The van der Waals surface area contributed by atoms with Gasteiger partial charge in [-0.25, -0.2) is 4.98 Å². The summed E-state index contributed by atoms with van der Waals surface area (Å²) in [6.45, 7) is 3.01. The number of carbonyl (C=O) groups excluding carboxylic acids is 1. The Hall–Kier alpha value is -3.37. The molecular weight excluding hydrogens is 413 g/mol. The van der Waals surface area contributed by atoms with Gasteiger partial charge < -0.3 is 10.5 Å². The van der Waals surface area contributed by atoms with E-state index in [1.807, 2.05) is 13.0 Å². The van der Waals surface area contributed by atoms with Crippen LogP contribution in [0.1, 0.15) is 40.4 Å². The average molecular weight is 436 g/mol. The maximum Gasteiger partial charge on any atom is 0.435 e. The molecule has 0 spiro atoms. The van der Waals surface area contributed by atoms with E-state index in [2.05, 4.69) is 32.0 Å². The van der Waals surface area contributed by atoms with Crippen LogP contribution < -0.4 is 10.5 Å². The summed E-state index contributed by atoms with van der Waals surface area (Å²) in [5.74, 6) is -0.290. The fraction of sp³-hybridized carbons (Fsp3) is 0.400. The number of nitrogens with two attached hydrogens (primary N) is 1. The second-order valence-electron chi connectivity index (χ2n) is 7.14. The van der Waals surface area contributed by atoms with E-state index in [1.54, 1.807) is 7.11 Å². The minimum absolute atomic E-state index is 0.271. The van der Waals surface area contributed by atoms with Gasteiger partial charge in [-0.05, 0) is 38.3 Å². The molecule has 31 heavy (non-hydrogen) atoms. The predicted octanol–water partition coefficient (Wildman–Crippen LogP) is 3.14. The van der Waals surface area contributed by atoms with Crippen molar-refractivity contribution >= 4 is 5.91 Å². The number of pyridine rings is 1. The lowest BCUT2D eigenvalue weighted by Gasteiger charge is -2.11. The molecule has 11 heteroatoms. The molecule has 8 nitrogen and oxygen atoms in total. The Balaban J connectivity index is 0.000000187. The van der Waals surface area contributed by atoms with Gasteiger partial charge in [0.25, 0.3) is 5.91 Å². The second-order valence-corrected chi connectivity index (χ2v) is 7.14. The zero-order chi connectivity index (χ0) is 22.8. The first-order valence-electron chi connectivity index (χ1n) is 9.59. The molecule has 0 atom stereocenters. The van der Waals surface area contributed by atoms with Crippen molar-refractivity contribution in [3.8, 4) is 17.1 Å². The van der Waals surface area contributed by atoms with Gasteiger partial charge in [-0.1, -0.05) is 0 Å². The van der Waals surface area contributed by atoms with Gasteiger partial charge in [-0.2, -0.15) is 23.4 Å². The maximum absolute atomic E-state index is 12.0. The minimum atomic E-state index is -4.55. The Labute approximate surface area is 176 Å². The first-order chi connectivity index (χ1) is 14.6. The highest BCUT2D eigenvalue weighted by molar-refractivity contribution is 5.91. The Morgan fingerprint density at radius 3 is 2.45 bits per heavy atom. The summed E-state index contributed by atoms with van der Waals surface area (Å²) in [6, 6.07) is 6.80. The fourth-order valence-electron chi connectivity index (χ4n) is 3.29. The molecule has 1 amide bonds. The quantitative estimate of drug-likeness (QED) is 0.680. The van der Waals surface area contributed by atoms with Crippen molar-refractivity contribution in [2.24, 2.45) is 12.8 Å². The molecule has 4 rings (SSSR count). The van der Waals surface area contributed by atoms with Gasteiger partial charge in [0.15, 0.2) is 5.69 Å². The van der Waals surface area contributed by atoms with Crippen LogP contribution >= 0.6 is 0 Å². The molecule has 0 saturated carbocycles. The number of halogens is 3. The zero-order valence-electron chi connectivity index (χ0n) is 17.4. The molecule has 2 N–H and O–H groups in total. The number of ether oxygens (including phenoxy) is 1. The topological polar surface area (TPSA) is 101 Å². The number of primary amides is 1. The lowest BCUT2D eigenvalue weighted by Crippen LogP contribution is -2.15. The van der Waals surface area contributed by atoms with E-state index in [0.717, 1.165) is 34.6 Å². The van der Waals surface area contributed by atoms with E-state index < -0.39 is 17.8 Å². The fourth-order valence-corrected chi connectivity index (χ4v) is 3.29. The minimum Gasteiger partial charge on any atom is -0.481 e. The lowest BCUT2D eigenvalue weighted by molar-refractivity contribution is -0.141. The van der Waals surface area contributed by atoms with Crippen LogP contribution in [-0.4, -0.2) is 37.6 Å². The van der Waals surface area contributed by atoms with Gasteiger partial charge in [0.05, 0.1) is 12.8 Å². The number of amides is 1. The molecular formula is C20H23F3N6O2. The molecule has 1 aliphatic heterocycles. The smallest absolute Gasteiger partial charge is 0.435 e. The van der Waals surface area contributed by atoms with Crippen LogP contribution in [0.3, 0.4) is 0 Å². The zero-order valence-corrected chi connectivity index (χ0v) is 17.4. The van der Waals surface area contributed by atoms with Crippen molar-refractivity contribution in [1.82, 2.24) is 24.5 Å². The van der Waals surface area contributed by atoms with Gasteiger partial charge in [0.2, 0.25) is 5.88 Å². The Morgan fingerprint density at radius 1 is 1.16 bits per heavy atom. The van der Waals surface area contributed by atoms with Crippen molar-refractivity contribution in [2.45, 2.75) is 38.9 Å². The van der Waals surface area contributed by atoms with Crippen LogP contribution in [0.15, 0.2) is 24.3 Å². The van der Waals surface area contributed by atoms with E-state index in [9.17, 15) is 18.0 Å². The number of nitrogens with zero attached hydrogens (tertiary/aromatic N) is 5. The monoisotopic (exact) mass is 436 g/mol. The van der Waals surface area contributed by atoms with Crippen LogP contribution in [0.25, 0.3) is 11.3 Å². The third-order valence-electron chi connectivity index (χ3n) is 4.77. The highest BCUT2D eigenvalue weighted by atomic mass is 19.4. The first-order valence-corrected chi connectivity index (χ1v) is 9.59. The van der Waals surface area contributed by atoms with E-state index >= 15 is 0 Å². The number of alkyl halides is 3. The number of aromatic nitrogens is 5. The Kier molecular flexibility index (Phi) is 6.32. The van der Waals surface area contributed by atoms with Crippen molar-refractivity contribution in [3.63, 3.8) is 0 Å². The van der Waals surface area contributed by atoms with Crippen LogP contribution in [-0.2, 0) is 26.2 Å². The van der Waals surface area contributed by atoms with Crippen LogP contribution in [0.5, 0.6) is 5.88 Å². The normalized spacial score (nSPS) is 13.2. The molecule has 1 aliphatic rings.